The molecule has 2 aromatic rings. The van der Waals surface area contributed by atoms with Gasteiger partial charge >= 0.3 is 11.9 Å². The van der Waals surface area contributed by atoms with Crippen LogP contribution in [0.5, 0.6) is 0 Å². The summed E-state index contributed by atoms with van der Waals surface area (Å²) in [5, 5.41) is 2.78. The number of nitrogens with zero attached hydrogens (tertiary/aromatic N) is 1. The van der Waals surface area contributed by atoms with Crippen molar-refractivity contribution in [1.29, 1.82) is 0 Å². The van der Waals surface area contributed by atoms with E-state index in [0.717, 1.165) is 5.56 Å². The average molecular weight is 438 g/mol. The highest BCUT2D eigenvalue weighted by Crippen LogP contribution is 2.26. The van der Waals surface area contributed by atoms with Gasteiger partial charge in [0.2, 0.25) is 5.91 Å². The van der Waals surface area contributed by atoms with Gasteiger partial charge in [0.1, 0.15) is 0 Å². The molecule has 1 N–H and O–H groups in total. The number of hydrogen-bond acceptors (Lipinski definition) is 6. The monoisotopic (exact) mass is 438 g/mol. The number of nitrogens with one attached hydrogen (secondary N) is 1. The Labute approximate surface area is 186 Å². The summed E-state index contributed by atoms with van der Waals surface area (Å²) in [7, 11) is 0. The van der Waals surface area contributed by atoms with E-state index in [1.807, 2.05) is 37.3 Å². The van der Waals surface area contributed by atoms with Crippen molar-refractivity contribution in [3.8, 4) is 0 Å². The zero-order valence-electron chi connectivity index (χ0n) is 18.1. The second kappa shape index (κ2) is 10.6. The van der Waals surface area contributed by atoms with E-state index >= 15 is 0 Å². The van der Waals surface area contributed by atoms with Crippen LogP contribution in [0.1, 0.15) is 42.2 Å². The Balaban J connectivity index is 1.50. The third kappa shape index (κ3) is 5.72. The number of hydrogen-bond donors (Lipinski definition) is 1. The van der Waals surface area contributed by atoms with Gasteiger partial charge < -0.3 is 19.7 Å². The largest absolute Gasteiger partial charge is 0.462 e. The van der Waals surface area contributed by atoms with Gasteiger partial charge in [-0.3, -0.25) is 14.4 Å². The van der Waals surface area contributed by atoms with Crippen LogP contribution in [-0.4, -0.2) is 43.5 Å². The Morgan fingerprint density at radius 2 is 1.75 bits per heavy atom. The van der Waals surface area contributed by atoms with E-state index in [4.69, 9.17) is 9.47 Å². The summed E-state index contributed by atoms with van der Waals surface area (Å²) in [4.78, 5) is 50.2. The minimum atomic E-state index is -0.661. The summed E-state index contributed by atoms with van der Waals surface area (Å²) < 4.78 is 10.1. The van der Waals surface area contributed by atoms with Gasteiger partial charge in [-0.05, 0) is 43.7 Å². The van der Waals surface area contributed by atoms with Crippen molar-refractivity contribution in [2.24, 2.45) is 5.92 Å². The van der Waals surface area contributed by atoms with Gasteiger partial charge in [-0.2, -0.15) is 0 Å². The van der Waals surface area contributed by atoms with Crippen molar-refractivity contribution < 1.29 is 28.7 Å². The molecule has 2 atom stereocenters. The number of amides is 2. The zero-order valence-corrected chi connectivity index (χ0v) is 18.1. The molecule has 1 aliphatic heterocycles. The summed E-state index contributed by atoms with van der Waals surface area (Å²) >= 11 is 0. The molecule has 1 heterocycles. The van der Waals surface area contributed by atoms with E-state index in [2.05, 4.69) is 5.32 Å². The van der Waals surface area contributed by atoms with E-state index in [1.165, 1.54) is 4.90 Å². The molecule has 168 valence electrons. The molecule has 0 bridgehead atoms. The Morgan fingerprint density at radius 1 is 1.06 bits per heavy atom. The van der Waals surface area contributed by atoms with Gasteiger partial charge in [0.25, 0.3) is 5.91 Å². The first-order valence-corrected chi connectivity index (χ1v) is 10.5. The molecular weight excluding hydrogens is 412 g/mol. The maximum Gasteiger partial charge on any atom is 0.338 e. The van der Waals surface area contributed by atoms with E-state index in [0.29, 0.717) is 11.3 Å². The maximum absolute atomic E-state index is 12.4. The molecule has 32 heavy (non-hydrogen) atoms. The minimum absolute atomic E-state index is 0.000494. The third-order valence-electron chi connectivity index (χ3n) is 5.17. The normalized spacial score (nSPS) is 16.4. The van der Waals surface area contributed by atoms with Crippen LogP contribution in [0.15, 0.2) is 54.6 Å². The fourth-order valence-electron chi connectivity index (χ4n) is 3.47. The third-order valence-corrected chi connectivity index (χ3v) is 5.17. The van der Waals surface area contributed by atoms with Gasteiger partial charge in [-0.15, -0.1) is 0 Å². The molecule has 0 radical (unpaired) electrons. The van der Waals surface area contributed by atoms with Gasteiger partial charge in [-0.25, -0.2) is 4.79 Å². The Kier molecular flexibility index (Phi) is 7.59. The summed E-state index contributed by atoms with van der Waals surface area (Å²) in [5.74, 6) is -2.32. The van der Waals surface area contributed by atoms with Crippen LogP contribution in [0.25, 0.3) is 0 Å². The number of carbonyl (C=O) groups excluding carboxylic acids is 4. The van der Waals surface area contributed by atoms with Gasteiger partial charge in [0.15, 0.2) is 6.61 Å². The van der Waals surface area contributed by atoms with Crippen molar-refractivity contribution in [2.45, 2.75) is 26.3 Å². The SMILES string of the molecule is CCOC(=O)c1ccc(N2C[C@@H](C(=O)OCC(=O)N[C@@H](C)c3ccccc3)CC2=O)cc1. The van der Waals surface area contributed by atoms with Crippen LogP contribution in [0, 0.1) is 5.92 Å². The lowest BCUT2D eigenvalue weighted by Gasteiger charge is -2.17. The zero-order chi connectivity index (χ0) is 23.1. The molecule has 0 saturated carbocycles. The van der Waals surface area contributed by atoms with Crippen molar-refractivity contribution in [2.75, 3.05) is 24.7 Å². The van der Waals surface area contributed by atoms with Crippen LogP contribution in [-0.2, 0) is 23.9 Å². The molecule has 8 nitrogen and oxygen atoms in total. The summed E-state index contributed by atoms with van der Waals surface area (Å²) in [6.45, 7) is 3.59. The lowest BCUT2D eigenvalue weighted by Crippen LogP contribution is -2.32. The van der Waals surface area contributed by atoms with Crippen molar-refractivity contribution >= 4 is 29.4 Å². The van der Waals surface area contributed by atoms with Crippen molar-refractivity contribution in [3.05, 3.63) is 65.7 Å². The predicted molar refractivity (Wildman–Crippen MR) is 117 cm³/mol. The Hall–Kier alpha value is -3.68. The van der Waals surface area contributed by atoms with Crippen molar-refractivity contribution in [3.63, 3.8) is 0 Å². The number of rotatable bonds is 8. The summed E-state index contributed by atoms with van der Waals surface area (Å²) in [6.07, 6.45) is 0.000494. The minimum Gasteiger partial charge on any atom is -0.462 e. The smallest absolute Gasteiger partial charge is 0.338 e. The first kappa shape index (κ1) is 23.0. The summed E-state index contributed by atoms with van der Waals surface area (Å²) in [6, 6.07) is 15.6. The molecule has 2 aromatic carbocycles. The molecule has 0 spiro atoms. The molecular formula is C24H26N2O6. The Morgan fingerprint density at radius 3 is 2.41 bits per heavy atom. The topological polar surface area (TPSA) is 102 Å². The first-order chi connectivity index (χ1) is 15.4. The molecule has 1 saturated heterocycles. The predicted octanol–water partition coefficient (Wildman–Crippen LogP) is 2.64. The lowest BCUT2D eigenvalue weighted by molar-refractivity contribution is -0.152. The van der Waals surface area contributed by atoms with Crippen LogP contribution >= 0.6 is 0 Å². The lowest BCUT2D eigenvalue weighted by atomic mass is 10.1. The standard InChI is InChI=1S/C24H26N2O6/c1-3-31-23(29)18-9-11-20(12-10-18)26-14-19(13-22(26)28)24(30)32-15-21(27)25-16(2)17-7-5-4-6-8-17/h4-12,16,19H,3,13-15H2,1-2H3,(H,25,27)/t16-,19-/m0/s1. The van der Waals surface area contributed by atoms with Crippen LogP contribution in [0.4, 0.5) is 5.69 Å². The molecule has 1 aliphatic rings. The number of anilines is 1. The number of benzene rings is 2. The highest BCUT2D eigenvalue weighted by molar-refractivity contribution is 6.00. The van der Waals surface area contributed by atoms with Crippen molar-refractivity contribution in [1.82, 2.24) is 5.32 Å². The molecule has 0 unspecified atom stereocenters. The van der Waals surface area contributed by atoms with E-state index < -0.39 is 30.4 Å². The molecule has 2 amide bonds. The van der Waals surface area contributed by atoms with E-state index in [9.17, 15) is 19.2 Å². The molecule has 3 rings (SSSR count). The second-order valence-electron chi connectivity index (χ2n) is 7.48. The maximum atomic E-state index is 12.4. The number of ether oxygens (including phenoxy) is 2. The molecule has 1 fully saturated rings. The summed E-state index contributed by atoms with van der Waals surface area (Å²) in [5.41, 5.74) is 1.90. The molecule has 0 aromatic heterocycles. The highest BCUT2D eigenvalue weighted by Gasteiger charge is 2.36. The second-order valence-corrected chi connectivity index (χ2v) is 7.48. The highest BCUT2D eigenvalue weighted by atomic mass is 16.5. The van der Waals surface area contributed by atoms with Crippen LogP contribution in [0.3, 0.4) is 0 Å². The van der Waals surface area contributed by atoms with Crippen LogP contribution < -0.4 is 10.2 Å². The van der Waals surface area contributed by atoms with Gasteiger partial charge in [-0.1, -0.05) is 30.3 Å². The fourth-order valence-corrected chi connectivity index (χ4v) is 3.47. The Bertz CT molecular complexity index is 974. The van der Waals surface area contributed by atoms with E-state index in [1.54, 1.807) is 31.2 Å². The first-order valence-electron chi connectivity index (χ1n) is 10.5. The van der Waals surface area contributed by atoms with E-state index in [-0.39, 0.29) is 31.5 Å². The number of esters is 2. The quantitative estimate of drug-likeness (QED) is 0.636. The van der Waals surface area contributed by atoms with Gasteiger partial charge in [0.05, 0.1) is 24.1 Å². The fraction of sp³-hybridized carbons (Fsp3) is 0.333. The van der Waals surface area contributed by atoms with Crippen LogP contribution in [0.2, 0.25) is 0 Å². The average Bonchev–Trinajstić information content (AvgIpc) is 3.20. The van der Waals surface area contributed by atoms with Gasteiger partial charge in [0, 0.05) is 18.7 Å². The molecule has 0 aliphatic carbocycles. The molecule has 8 heteroatoms. The number of carbonyl (C=O) groups is 4.